The Morgan fingerprint density at radius 2 is 1.47 bits per heavy atom. The van der Waals surface area contributed by atoms with Crippen LogP contribution in [0.3, 0.4) is 0 Å². The van der Waals surface area contributed by atoms with Gasteiger partial charge in [-0.15, -0.1) is 0 Å². The van der Waals surface area contributed by atoms with Gasteiger partial charge in [0.1, 0.15) is 0 Å². The molecular formula is C14H26O. The van der Waals surface area contributed by atoms with E-state index in [4.69, 9.17) is 4.74 Å². The average molecular weight is 210 g/mol. The van der Waals surface area contributed by atoms with Crippen molar-refractivity contribution in [3.63, 3.8) is 0 Å². The predicted octanol–water partition coefficient (Wildman–Crippen LogP) is 4.16. The predicted molar refractivity (Wildman–Crippen MR) is 63.9 cm³/mol. The molecule has 0 spiro atoms. The molecule has 0 aromatic rings. The van der Waals surface area contributed by atoms with E-state index in [1.807, 2.05) is 0 Å². The molecule has 2 rings (SSSR count). The number of hydrogen-bond donors (Lipinski definition) is 0. The maximum Gasteiger partial charge on any atom is 0.0602 e. The highest BCUT2D eigenvalue weighted by Crippen LogP contribution is 2.43. The fourth-order valence-electron chi connectivity index (χ4n) is 3.19. The molecule has 15 heavy (non-hydrogen) atoms. The minimum Gasteiger partial charge on any atom is -0.373 e. The fourth-order valence-corrected chi connectivity index (χ4v) is 3.19. The van der Waals surface area contributed by atoms with E-state index in [0.717, 1.165) is 11.8 Å². The van der Waals surface area contributed by atoms with Crippen LogP contribution in [-0.2, 0) is 4.74 Å². The van der Waals surface area contributed by atoms with Gasteiger partial charge >= 0.3 is 0 Å². The van der Waals surface area contributed by atoms with E-state index in [2.05, 4.69) is 20.8 Å². The molecule has 2 aliphatic carbocycles. The summed E-state index contributed by atoms with van der Waals surface area (Å²) in [4.78, 5) is 0. The van der Waals surface area contributed by atoms with E-state index in [-0.39, 0.29) is 5.60 Å². The molecule has 0 atom stereocenters. The van der Waals surface area contributed by atoms with Crippen molar-refractivity contribution in [1.29, 1.82) is 0 Å². The maximum absolute atomic E-state index is 5.99. The molecule has 0 amide bonds. The van der Waals surface area contributed by atoms with Gasteiger partial charge in [0, 0.05) is 0 Å². The molecule has 0 aromatic carbocycles. The molecule has 2 saturated carbocycles. The molecule has 88 valence electrons. The van der Waals surface area contributed by atoms with Crippen molar-refractivity contribution in [3.8, 4) is 0 Å². The highest BCUT2D eigenvalue weighted by Gasteiger charge is 2.37. The fraction of sp³-hybridized carbons (Fsp3) is 1.00. The van der Waals surface area contributed by atoms with Crippen molar-refractivity contribution < 1.29 is 4.74 Å². The first-order chi connectivity index (χ1) is 7.04. The van der Waals surface area contributed by atoms with Gasteiger partial charge in [-0.1, -0.05) is 32.1 Å². The Morgan fingerprint density at radius 1 is 0.867 bits per heavy atom. The molecule has 0 bridgehead atoms. The second kappa shape index (κ2) is 4.45. The minimum atomic E-state index is 0.0577. The van der Waals surface area contributed by atoms with Crippen LogP contribution in [0, 0.1) is 11.8 Å². The molecular weight excluding hydrogens is 184 g/mol. The van der Waals surface area contributed by atoms with Crippen LogP contribution < -0.4 is 0 Å². The van der Waals surface area contributed by atoms with Crippen LogP contribution in [0.4, 0.5) is 0 Å². The third-order valence-electron chi connectivity index (χ3n) is 3.97. The molecule has 2 fully saturated rings. The Morgan fingerprint density at radius 3 is 2.00 bits per heavy atom. The van der Waals surface area contributed by atoms with Crippen molar-refractivity contribution in [2.75, 3.05) is 0 Å². The van der Waals surface area contributed by atoms with Crippen molar-refractivity contribution >= 4 is 0 Å². The zero-order valence-electron chi connectivity index (χ0n) is 10.6. The van der Waals surface area contributed by atoms with E-state index in [0.29, 0.717) is 6.10 Å². The molecule has 0 saturated heterocycles. The second-order valence-corrected chi connectivity index (χ2v) is 6.48. The van der Waals surface area contributed by atoms with Crippen LogP contribution in [0.25, 0.3) is 0 Å². The molecule has 0 aliphatic heterocycles. The molecule has 0 N–H and O–H groups in total. The largest absolute Gasteiger partial charge is 0.373 e. The summed E-state index contributed by atoms with van der Waals surface area (Å²) in [6.45, 7) is 6.50. The maximum atomic E-state index is 5.99. The summed E-state index contributed by atoms with van der Waals surface area (Å²) < 4.78 is 5.99. The van der Waals surface area contributed by atoms with E-state index in [1.54, 1.807) is 0 Å². The van der Waals surface area contributed by atoms with E-state index < -0.39 is 0 Å². The third kappa shape index (κ3) is 3.21. The lowest BCUT2D eigenvalue weighted by Gasteiger charge is -2.44. The van der Waals surface area contributed by atoms with Crippen molar-refractivity contribution in [2.24, 2.45) is 11.8 Å². The van der Waals surface area contributed by atoms with Gasteiger partial charge in [0.15, 0.2) is 0 Å². The SMILES string of the molecule is CC(C)(C)OC1CC(C2CCCCC2)C1. The quantitative estimate of drug-likeness (QED) is 0.665. The third-order valence-corrected chi connectivity index (χ3v) is 3.97. The van der Waals surface area contributed by atoms with Crippen LogP contribution in [0.15, 0.2) is 0 Å². The second-order valence-electron chi connectivity index (χ2n) is 6.48. The number of rotatable bonds is 2. The Labute approximate surface area is 94.6 Å². The standard InChI is InChI=1S/C14H26O/c1-14(2,3)15-13-9-12(10-13)11-7-5-4-6-8-11/h11-13H,4-10H2,1-3H3. The summed E-state index contributed by atoms with van der Waals surface area (Å²) in [5, 5.41) is 0. The number of ether oxygens (including phenoxy) is 1. The van der Waals surface area contributed by atoms with Gasteiger partial charge < -0.3 is 4.74 Å². The zero-order valence-corrected chi connectivity index (χ0v) is 10.6. The minimum absolute atomic E-state index is 0.0577. The molecule has 1 heteroatoms. The summed E-state index contributed by atoms with van der Waals surface area (Å²) in [6.07, 6.45) is 10.7. The first-order valence-corrected chi connectivity index (χ1v) is 6.72. The normalized spacial score (nSPS) is 33.8. The number of hydrogen-bond acceptors (Lipinski definition) is 1. The lowest BCUT2D eigenvalue weighted by molar-refractivity contribution is -0.123. The Balaban J connectivity index is 1.68. The molecule has 0 radical (unpaired) electrons. The van der Waals surface area contributed by atoms with Gasteiger partial charge in [0.25, 0.3) is 0 Å². The average Bonchev–Trinajstić information content (AvgIpc) is 2.11. The summed E-state index contributed by atoms with van der Waals surface area (Å²) in [6, 6.07) is 0. The van der Waals surface area contributed by atoms with Gasteiger partial charge in [-0.2, -0.15) is 0 Å². The Kier molecular flexibility index (Phi) is 3.39. The van der Waals surface area contributed by atoms with E-state index in [9.17, 15) is 0 Å². The Bertz CT molecular complexity index is 192. The van der Waals surface area contributed by atoms with Gasteiger partial charge in [-0.25, -0.2) is 0 Å². The van der Waals surface area contributed by atoms with Crippen LogP contribution in [0.1, 0.15) is 65.7 Å². The van der Waals surface area contributed by atoms with Crippen molar-refractivity contribution in [3.05, 3.63) is 0 Å². The van der Waals surface area contributed by atoms with Crippen molar-refractivity contribution in [2.45, 2.75) is 77.4 Å². The summed E-state index contributed by atoms with van der Waals surface area (Å²) in [5.74, 6) is 2.04. The lowest BCUT2D eigenvalue weighted by atomic mass is 9.68. The molecule has 0 aromatic heterocycles. The first kappa shape index (κ1) is 11.4. The van der Waals surface area contributed by atoms with Gasteiger partial charge in [-0.05, 0) is 45.4 Å². The summed E-state index contributed by atoms with van der Waals surface area (Å²) >= 11 is 0. The van der Waals surface area contributed by atoms with E-state index >= 15 is 0 Å². The zero-order chi connectivity index (χ0) is 10.9. The van der Waals surface area contributed by atoms with Crippen molar-refractivity contribution in [1.82, 2.24) is 0 Å². The van der Waals surface area contributed by atoms with Gasteiger partial charge in [0.2, 0.25) is 0 Å². The molecule has 1 nitrogen and oxygen atoms in total. The summed E-state index contributed by atoms with van der Waals surface area (Å²) in [5.41, 5.74) is 0.0577. The van der Waals surface area contributed by atoms with Crippen LogP contribution in [0.5, 0.6) is 0 Å². The van der Waals surface area contributed by atoms with Crippen LogP contribution >= 0.6 is 0 Å². The first-order valence-electron chi connectivity index (χ1n) is 6.72. The molecule has 0 unspecified atom stereocenters. The Hall–Kier alpha value is -0.0400. The summed E-state index contributed by atoms with van der Waals surface area (Å²) in [7, 11) is 0. The van der Waals surface area contributed by atoms with Crippen LogP contribution in [0.2, 0.25) is 0 Å². The molecule has 2 aliphatic rings. The van der Waals surface area contributed by atoms with Gasteiger partial charge in [-0.3, -0.25) is 0 Å². The van der Waals surface area contributed by atoms with E-state index in [1.165, 1.54) is 44.9 Å². The van der Waals surface area contributed by atoms with Gasteiger partial charge in [0.05, 0.1) is 11.7 Å². The highest BCUT2D eigenvalue weighted by atomic mass is 16.5. The highest BCUT2D eigenvalue weighted by molar-refractivity contribution is 4.87. The smallest absolute Gasteiger partial charge is 0.0602 e. The topological polar surface area (TPSA) is 9.23 Å². The molecule has 0 heterocycles. The monoisotopic (exact) mass is 210 g/mol. The van der Waals surface area contributed by atoms with Crippen LogP contribution in [-0.4, -0.2) is 11.7 Å². The lowest BCUT2D eigenvalue weighted by Crippen LogP contribution is -2.40.